The molecule has 0 heterocycles. The lowest BCUT2D eigenvalue weighted by molar-refractivity contribution is -0.112. The predicted octanol–water partition coefficient (Wildman–Crippen LogP) is 0.401. The summed E-state index contributed by atoms with van der Waals surface area (Å²) in [5.74, 6) is -1.26. The maximum Gasteiger partial charge on any atom is 0.339 e. The van der Waals surface area contributed by atoms with Gasteiger partial charge in [0.15, 0.2) is 0 Å². The molecule has 7 nitrogen and oxygen atoms in total. The number of carbonyl (C=O) groups is 2. The first-order valence-electron chi connectivity index (χ1n) is 6.07. The first-order valence-corrected chi connectivity index (χ1v) is 6.07. The van der Waals surface area contributed by atoms with Crippen molar-refractivity contribution < 1.29 is 19.4 Å². The van der Waals surface area contributed by atoms with Crippen LogP contribution in [0.5, 0.6) is 0 Å². The Morgan fingerprint density at radius 1 is 1.43 bits per heavy atom. The van der Waals surface area contributed by atoms with Gasteiger partial charge < -0.3 is 20.5 Å². The summed E-state index contributed by atoms with van der Waals surface area (Å²) in [7, 11) is 1.24. The van der Waals surface area contributed by atoms with E-state index in [1.165, 1.54) is 25.4 Å². The van der Waals surface area contributed by atoms with E-state index in [0.717, 1.165) is 0 Å². The standard InChI is InChI=1S/C14H15N3O4/c1-21-14(20)11-4-2-3-5-12(11)17-13(19)10(8-15)9-16-6-7-18/h2-5,9,16,18H,6-7H2,1H3,(H,17,19)/b10-9-. The van der Waals surface area contributed by atoms with Crippen LogP contribution in [-0.4, -0.2) is 37.2 Å². The van der Waals surface area contributed by atoms with E-state index in [2.05, 4.69) is 15.4 Å². The second-order valence-electron chi connectivity index (χ2n) is 3.84. The number of rotatable bonds is 6. The number of nitrogens with one attached hydrogen (secondary N) is 2. The van der Waals surface area contributed by atoms with Gasteiger partial charge in [-0.15, -0.1) is 0 Å². The molecule has 21 heavy (non-hydrogen) atoms. The van der Waals surface area contributed by atoms with Crippen LogP contribution in [0.3, 0.4) is 0 Å². The number of amides is 1. The number of anilines is 1. The van der Waals surface area contributed by atoms with Gasteiger partial charge in [-0.2, -0.15) is 5.26 Å². The highest BCUT2D eigenvalue weighted by Crippen LogP contribution is 2.16. The van der Waals surface area contributed by atoms with Gasteiger partial charge in [-0.05, 0) is 12.1 Å². The molecule has 0 aliphatic rings. The number of hydrogen-bond acceptors (Lipinski definition) is 6. The van der Waals surface area contributed by atoms with E-state index < -0.39 is 11.9 Å². The Hall–Kier alpha value is -2.85. The van der Waals surface area contributed by atoms with Crippen LogP contribution in [0, 0.1) is 11.3 Å². The van der Waals surface area contributed by atoms with E-state index in [4.69, 9.17) is 10.4 Å². The maximum atomic E-state index is 11.9. The van der Waals surface area contributed by atoms with Crippen molar-refractivity contribution in [1.82, 2.24) is 5.32 Å². The van der Waals surface area contributed by atoms with Crippen molar-refractivity contribution in [3.05, 3.63) is 41.6 Å². The van der Waals surface area contributed by atoms with E-state index in [-0.39, 0.29) is 30.0 Å². The smallest absolute Gasteiger partial charge is 0.339 e. The molecule has 0 radical (unpaired) electrons. The van der Waals surface area contributed by atoms with Crippen LogP contribution in [0.15, 0.2) is 36.0 Å². The number of esters is 1. The van der Waals surface area contributed by atoms with E-state index in [1.54, 1.807) is 18.2 Å². The Morgan fingerprint density at radius 3 is 2.76 bits per heavy atom. The molecule has 0 aliphatic heterocycles. The first kappa shape index (κ1) is 16.2. The third-order valence-electron chi connectivity index (χ3n) is 2.45. The van der Waals surface area contributed by atoms with Gasteiger partial charge in [0.05, 0.1) is 25.0 Å². The Morgan fingerprint density at radius 2 is 2.14 bits per heavy atom. The van der Waals surface area contributed by atoms with Gasteiger partial charge in [0.1, 0.15) is 11.6 Å². The summed E-state index contributed by atoms with van der Waals surface area (Å²) in [4.78, 5) is 23.5. The summed E-state index contributed by atoms with van der Waals surface area (Å²) in [6.07, 6.45) is 1.20. The molecule has 0 aliphatic carbocycles. The van der Waals surface area contributed by atoms with Crippen molar-refractivity contribution >= 4 is 17.6 Å². The van der Waals surface area contributed by atoms with Crippen molar-refractivity contribution in [2.24, 2.45) is 0 Å². The molecule has 0 bridgehead atoms. The number of methoxy groups -OCH3 is 1. The Kier molecular flexibility index (Phi) is 6.44. The van der Waals surface area contributed by atoms with E-state index >= 15 is 0 Å². The maximum absolute atomic E-state index is 11.9. The van der Waals surface area contributed by atoms with Crippen molar-refractivity contribution in [3.63, 3.8) is 0 Å². The molecule has 7 heteroatoms. The van der Waals surface area contributed by atoms with Crippen molar-refractivity contribution in [2.75, 3.05) is 25.6 Å². The van der Waals surface area contributed by atoms with Gasteiger partial charge in [-0.1, -0.05) is 12.1 Å². The number of benzene rings is 1. The number of nitriles is 1. The molecule has 1 aromatic rings. The number of aliphatic hydroxyl groups is 1. The third kappa shape index (κ3) is 4.63. The van der Waals surface area contributed by atoms with Crippen molar-refractivity contribution in [3.8, 4) is 6.07 Å². The Bertz CT molecular complexity index is 590. The zero-order valence-corrected chi connectivity index (χ0v) is 11.4. The molecule has 1 amide bonds. The number of nitrogens with zero attached hydrogens (tertiary/aromatic N) is 1. The predicted molar refractivity (Wildman–Crippen MR) is 75.2 cm³/mol. The minimum Gasteiger partial charge on any atom is -0.465 e. The molecule has 1 aromatic carbocycles. The molecule has 0 saturated carbocycles. The molecule has 0 spiro atoms. The van der Waals surface area contributed by atoms with Gasteiger partial charge in [-0.25, -0.2) is 4.79 Å². The van der Waals surface area contributed by atoms with Gasteiger partial charge >= 0.3 is 5.97 Å². The number of ether oxygens (including phenoxy) is 1. The Balaban J connectivity index is 2.90. The van der Waals surface area contributed by atoms with Gasteiger partial charge in [0, 0.05) is 12.7 Å². The van der Waals surface area contributed by atoms with Crippen LogP contribution < -0.4 is 10.6 Å². The molecule has 0 aromatic heterocycles. The van der Waals surface area contributed by atoms with Crippen LogP contribution in [0.25, 0.3) is 0 Å². The SMILES string of the molecule is COC(=O)c1ccccc1NC(=O)/C(C#N)=C\NCCO. The van der Waals surface area contributed by atoms with Crippen molar-refractivity contribution in [2.45, 2.75) is 0 Å². The Labute approximate surface area is 121 Å². The van der Waals surface area contributed by atoms with Crippen LogP contribution >= 0.6 is 0 Å². The first-order chi connectivity index (χ1) is 10.1. The highest BCUT2D eigenvalue weighted by atomic mass is 16.5. The lowest BCUT2D eigenvalue weighted by Gasteiger charge is -2.09. The van der Waals surface area contributed by atoms with E-state index in [0.29, 0.717) is 0 Å². The second kappa shape index (κ2) is 8.35. The quantitative estimate of drug-likeness (QED) is 0.302. The highest BCUT2D eigenvalue weighted by molar-refractivity contribution is 6.09. The number of para-hydroxylation sites is 1. The minimum absolute atomic E-state index is 0.123. The van der Waals surface area contributed by atoms with Gasteiger partial charge in [0.2, 0.25) is 0 Å². The molecule has 110 valence electrons. The summed E-state index contributed by atoms with van der Waals surface area (Å²) in [6.45, 7) is 0.0964. The molecule has 0 atom stereocenters. The largest absolute Gasteiger partial charge is 0.465 e. The average Bonchev–Trinajstić information content (AvgIpc) is 2.51. The molecular weight excluding hydrogens is 274 g/mol. The molecule has 0 fully saturated rings. The second-order valence-corrected chi connectivity index (χ2v) is 3.84. The summed E-state index contributed by atoms with van der Waals surface area (Å²) >= 11 is 0. The lowest BCUT2D eigenvalue weighted by atomic mass is 10.1. The normalized spacial score (nSPS) is 10.4. The zero-order chi connectivity index (χ0) is 15.7. The minimum atomic E-state index is -0.667. The van der Waals surface area contributed by atoms with Crippen molar-refractivity contribution in [1.29, 1.82) is 5.26 Å². The van der Waals surface area contributed by atoms with E-state index in [9.17, 15) is 9.59 Å². The third-order valence-corrected chi connectivity index (χ3v) is 2.45. The fourth-order valence-electron chi connectivity index (χ4n) is 1.46. The van der Waals surface area contributed by atoms with E-state index in [1.807, 2.05) is 0 Å². The van der Waals surface area contributed by atoms with Gasteiger partial charge in [-0.3, -0.25) is 4.79 Å². The lowest BCUT2D eigenvalue weighted by Crippen LogP contribution is -2.19. The van der Waals surface area contributed by atoms with Crippen LogP contribution in [0.1, 0.15) is 10.4 Å². The number of aliphatic hydroxyl groups excluding tert-OH is 1. The number of carbonyl (C=O) groups excluding carboxylic acids is 2. The summed E-state index contributed by atoms with van der Waals surface area (Å²) in [5.41, 5.74) is 0.259. The molecular formula is C14H15N3O4. The van der Waals surface area contributed by atoms with Crippen LogP contribution in [-0.2, 0) is 9.53 Å². The zero-order valence-electron chi connectivity index (χ0n) is 11.4. The molecule has 0 unspecified atom stereocenters. The molecule has 0 saturated heterocycles. The highest BCUT2D eigenvalue weighted by Gasteiger charge is 2.15. The van der Waals surface area contributed by atoms with Crippen LogP contribution in [0.2, 0.25) is 0 Å². The summed E-state index contributed by atoms with van der Waals surface area (Å²) < 4.78 is 4.61. The molecule has 3 N–H and O–H groups in total. The fourth-order valence-corrected chi connectivity index (χ4v) is 1.46. The summed E-state index contributed by atoms with van der Waals surface area (Å²) in [6, 6.07) is 8.03. The topological polar surface area (TPSA) is 111 Å². The fraction of sp³-hybridized carbons (Fsp3) is 0.214. The average molecular weight is 289 g/mol. The summed E-state index contributed by atoms with van der Waals surface area (Å²) in [5, 5.41) is 22.6. The number of hydrogen-bond donors (Lipinski definition) is 3. The van der Waals surface area contributed by atoms with Crippen LogP contribution in [0.4, 0.5) is 5.69 Å². The molecule has 1 rings (SSSR count). The van der Waals surface area contributed by atoms with Gasteiger partial charge in [0.25, 0.3) is 5.91 Å². The monoisotopic (exact) mass is 289 g/mol.